The predicted octanol–water partition coefficient (Wildman–Crippen LogP) is 3.14. The highest BCUT2D eigenvalue weighted by Gasteiger charge is 2.18. The molecule has 0 atom stereocenters. The van der Waals surface area contributed by atoms with E-state index in [1.807, 2.05) is 13.8 Å². The Balaban J connectivity index is 0.000000364. The smallest absolute Gasteiger partial charge is 0.135 e. The summed E-state index contributed by atoms with van der Waals surface area (Å²) in [5, 5.41) is 0. The zero-order valence-corrected chi connectivity index (χ0v) is 9.42. The zero-order valence-electron chi connectivity index (χ0n) is 9.42. The topological polar surface area (TPSA) is 34.1 Å². The zero-order chi connectivity index (χ0) is 10.8. The summed E-state index contributed by atoms with van der Waals surface area (Å²) in [6.45, 7) is 3.78. The van der Waals surface area contributed by atoms with Crippen LogP contribution in [0.4, 0.5) is 0 Å². The molecule has 1 aliphatic carbocycles. The fourth-order valence-electron chi connectivity index (χ4n) is 1.71. The van der Waals surface area contributed by atoms with E-state index in [0.29, 0.717) is 18.1 Å². The molecule has 0 aromatic carbocycles. The van der Waals surface area contributed by atoms with Gasteiger partial charge in [0.15, 0.2) is 0 Å². The van der Waals surface area contributed by atoms with Crippen LogP contribution in [0.5, 0.6) is 0 Å². The number of aldehydes is 1. The third kappa shape index (κ3) is 5.90. The molecular formula is C12H22O2. The molecule has 0 radical (unpaired) electrons. The molecule has 0 saturated heterocycles. The van der Waals surface area contributed by atoms with Crippen molar-refractivity contribution in [2.24, 2.45) is 5.92 Å². The summed E-state index contributed by atoms with van der Waals surface area (Å²) in [5.74, 6) is 0.915. The molecule has 0 amide bonds. The molecule has 0 aliphatic heterocycles. The summed E-state index contributed by atoms with van der Waals surface area (Å²) in [5.41, 5.74) is 0. The first-order valence-corrected chi connectivity index (χ1v) is 5.72. The number of Topliss-reactive ketones (excluding diaryl/α,β-unsaturated/α-hetero) is 1. The Labute approximate surface area is 87.1 Å². The highest BCUT2D eigenvalue weighted by molar-refractivity contribution is 5.80. The molecule has 82 valence electrons. The third-order valence-electron chi connectivity index (χ3n) is 2.58. The van der Waals surface area contributed by atoms with E-state index < -0.39 is 0 Å². The molecule has 14 heavy (non-hydrogen) atoms. The average molecular weight is 198 g/mol. The first-order valence-electron chi connectivity index (χ1n) is 5.72. The summed E-state index contributed by atoms with van der Waals surface area (Å²) in [6.07, 6.45) is 8.46. The summed E-state index contributed by atoms with van der Waals surface area (Å²) >= 11 is 0. The summed E-state index contributed by atoms with van der Waals surface area (Å²) in [7, 11) is 0. The maximum Gasteiger partial charge on any atom is 0.135 e. The second-order valence-electron chi connectivity index (χ2n) is 3.73. The van der Waals surface area contributed by atoms with Crippen molar-refractivity contribution in [3.05, 3.63) is 0 Å². The second-order valence-corrected chi connectivity index (χ2v) is 3.73. The van der Waals surface area contributed by atoms with Gasteiger partial charge in [-0.05, 0) is 12.8 Å². The Morgan fingerprint density at radius 3 is 2.07 bits per heavy atom. The Morgan fingerprint density at radius 2 is 1.71 bits per heavy atom. The van der Waals surface area contributed by atoms with Gasteiger partial charge in [0.1, 0.15) is 12.1 Å². The normalized spacial score (nSPS) is 16.7. The van der Waals surface area contributed by atoms with Gasteiger partial charge in [0.25, 0.3) is 0 Å². The fourth-order valence-corrected chi connectivity index (χ4v) is 1.71. The van der Waals surface area contributed by atoms with Crippen molar-refractivity contribution in [2.75, 3.05) is 0 Å². The van der Waals surface area contributed by atoms with Gasteiger partial charge in [-0.2, -0.15) is 0 Å². The minimum Gasteiger partial charge on any atom is -0.303 e. The number of carbonyl (C=O) groups is 2. The van der Waals surface area contributed by atoms with Crippen LogP contribution in [0.2, 0.25) is 0 Å². The number of carbonyl (C=O) groups excluding carboxylic acids is 2. The van der Waals surface area contributed by atoms with Crippen molar-refractivity contribution in [3.63, 3.8) is 0 Å². The van der Waals surface area contributed by atoms with E-state index in [1.165, 1.54) is 19.3 Å². The van der Waals surface area contributed by atoms with Crippen LogP contribution in [-0.2, 0) is 9.59 Å². The molecule has 2 nitrogen and oxygen atoms in total. The Hall–Kier alpha value is -0.660. The first kappa shape index (κ1) is 13.3. The maximum absolute atomic E-state index is 11.2. The fraction of sp³-hybridized carbons (Fsp3) is 0.833. The van der Waals surface area contributed by atoms with Crippen molar-refractivity contribution in [3.8, 4) is 0 Å². The van der Waals surface area contributed by atoms with Crippen molar-refractivity contribution in [2.45, 2.75) is 58.8 Å². The summed E-state index contributed by atoms with van der Waals surface area (Å²) in [6, 6.07) is 0. The van der Waals surface area contributed by atoms with Crippen LogP contribution in [-0.4, -0.2) is 12.1 Å². The van der Waals surface area contributed by atoms with Gasteiger partial charge in [0, 0.05) is 18.8 Å². The van der Waals surface area contributed by atoms with E-state index in [1.54, 1.807) is 0 Å². The van der Waals surface area contributed by atoms with Gasteiger partial charge in [-0.3, -0.25) is 4.79 Å². The Morgan fingerprint density at radius 1 is 1.21 bits per heavy atom. The molecule has 0 heterocycles. The van der Waals surface area contributed by atoms with E-state index in [0.717, 1.165) is 25.5 Å². The van der Waals surface area contributed by atoms with Crippen LogP contribution in [0.1, 0.15) is 58.8 Å². The highest BCUT2D eigenvalue weighted by Crippen LogP contribution is 2.24. The van der Waals surface area contributed by atoms with Gasteiger partial charge in [-0.15, -0.1) is 0 Å². The summed E-state index contributed by atoms with van der Waals surface area (Å²) < 4.78 is 0. The van der Waals surface area contributed by atoms with Crippen LogP contribution < -0.4 is 0 Å². The molecule has 0 bridgehead atoms. The van der Waals surface area contributed by atoms with E-state index in [-0.39, 0.29) is 0 Å². The van der Waals surface area contributed by atoms with Crippen molar-refractivity contribution >= 4 is 12.1 Å². The Kier molecular flexibility index (Phi) is 8.50. The molecule has 0 unspecified atom stereocenters. The standard InChI is InChI=1S/C9H16O.C3H6O/c1-2-9(10)8-6-4-3-5-7-8;1-2-3-4/h8H,2-7H2,1H3;3H,2H2,1H3. The van der Waals surface area contributed by atoms with Gasteiger partial charge >= 0.3 is 0 Å². The van der Waals surface area contributed by atoms with Gasteiger partial charge in [0.2, 0.25) is 0 Å². The van der Waals surface area contributed by atoms with Crippen molar-refractivity contribution in [1.29, 1.82) is 0 Å². The molecular weight excluding hydrogens is 176 g/mol. The minimum atomic E-state index is 0.429. The predicted molar refractivity (Wildman–Crippen MR) is 58.2 cm³/mol. The lowest BCUT2D eigenvalue weighted by atomic mass is 9.85. The lowest BCUT2D eigenvalue weighted by Crippen LogP contribution is -2.16. The quantitative estimate of drug-likeness (QED) is 0.653. The maximum atomic E-state index is 11.2. The largest absolute Gasteiger partial charge is 0.303 e. The molecule has 0 spiro atoms. The molecule has 1 aliphatic rings. The molecule has 1 saturated carbocycles. The molecule has 0 aromatic heterocycles. The van der Waals surface area contributed by atoms with Crippen LogP contribution in [0.15, 0.2) is 0 Å². The van der Waals surface area contributed by atoms with E-state index in [4.69, 9.17) is 0 Å². The monoisotopic (exact) mass is 198 g/mol. The van der Waals surface area contributed by atoms with Gasteiger partial charge in [0.05, 0.1) is 0 Å². The lowest BCUT2D eigenvalue weighted by molar-refractivity contribution is -0.123. The van der Waals surface area contributed by atoms with Crippen LogP contribution in [0.3, 0.4) is 0 Å². The molecule has 1 rings (SSSR count). The average Bonchev–Trinajstić information content (AvgIpc) is 2.29. The molecule has 1 fully saturated rings. The number of rotatable bonds is 3. The van der Waals surface area contributed by atoms with Crippen LogP contribution in [0, 0.1) is 5.92 Å². The van der Waals surface area contributed by atoms with Crippen molar-refractivity contribution in [1.82, 2.24) is 0 Å². The van der Waals surface area contributed by atoms with Gasteiger partial charge in [-0.1, -0.05) is 33.1 Å². The number of hydrogen-bond acceptors (Lipinski definition) is 2. The third-order valence-corrected chi connectivity index (χ3v) is 2.58. The summed E-state index contributed by atoms with van der Waals surface area (Å²) in [4.78, 5) is 20.3. The van der Waals surface area contributed by atoms with Crippen molar-refractivity contribution < 1.29 is 9.59 Å². The van der Waals surface area contributed by atoms with Crippen LogP contribution in [0.25, 0.3) is 0 Å². The molecule has 0 aromatic rings. The minimum absolute atomic E-state index is 0.429. The lowest BCUT2D eigenvalue weighted by Gasteiger charge is -2.19. The SMILES string of the molecule is CCC(=O)C1CCCCC1.CCC=O. The molecule has 0 N–H and O–H groups in total. The molecule has 2 heteroatoms. The number of ketones is 1. The van der Waals surface area contributed by atoms with E-state index in [9.17, 15) is 9.59 Å². The highest BCUT2D eigenvalue weighted by atomic mass is 16.1. The van der Waals surface area contributed by atoms with Gasteiger partial charge < -0.3 is 4.79 Å². The van der Waals surface area contributed by atoms with E-state index >= 15 is 0 Å². The second kappa shape index (κ2) is 8.92. The number of hydrogen-bond donors (Lipinski definition) is 0. The van der Waals surface area contributed by atoms with E-state index in [2.05, 4.69) is 0 Å². The first-order chi connectivity index (χ1) is 6.76. The Bertz CT molecular complexity index is 158. The van der Waals surface area contributed by atoms with Gasteiger partial charge in [-0.25, -0.2) is 0 Å². The van der Waals surface area contributed by atoms with Crippen LogP contribution >= 0.6 is 0 Å².